The summed E-state index contributed by atoms with van der Waals surface area (Å²) in [5.74, 6) is -2.88. The van der Waals surface area contributed by atoms with E-state index in [9.17, 15) is 18.0 Å². The summed E-state index contributed by atoms with van der Waals surface area (Å²) < 4.78 is 25.3. The van der Waals surface area contributed by atoms with Gasteiger partial charge in [-0.05, 0) is 29.3 Å². The van der Waals surface area contributed by atoms with Gasteiger partial charge in [-0.1, -0.05) is 18.2 Å². The quantitative estimate of drug-likeness (QED) is 0.760. The molecule has 0 unspecified atom stereocenters. The minimum atomic E-state index is -4.23. The summed E-state index contributed by atoms with van der Waals surface area (Å²) in [6, 6.07) is 9.23. The highest BCUT2D eigenvalue weighted by Gasteiger charge is 2.28. The summed E-state index contributed by atoms with van der Waals surface area (Å²) in [6.07, 6.45) is 3.22. The van der Waals surface area contributed by atoms with Crippen LogP contribution in [-0.2, 0) is 19.6 Å². The highest BCUT2D eigenvalue weighted by Crippen LogP contribution is 2.22. The van der Waals surface area contributed by atoms with E-state index in [4.69, 9.17) is 10.2 Å². The van der Waals surface area contributed by atoms with E-state index in [1.807, 2.05) is 0 Å². The lowest BCUT2D eigenvalue weighted by Crippen LogP contribution is -2.39. The minimum absolute atomic E-state index is 0.183. The van der Waals surface area contributed by atoms with E-state index in [0.29, 0.717) is 4.31 Å². The molecule has 24 heavy (non-hydrogen) atoms. The second-order valence-electron chi connectivity index (χ2n) is 4.83. The predicted molar refractivity (Wildman–Crippen MR) is 83.7 cm³/mol. The number of carboxylic acid groups (broad SMARTS) is 2. The van der Waals surface area contributed by atoms with E-state index in [0.717, 1.165) is 11.1 Å². The second kappa shape index (κ2) is 7.20. The SMILES string of the molecule is O=C(O)CN(CC(=O)O)S(=O)(=O)c1ccc(-c2cccnc2)cc1. The van der Waals surface area contributed by atoms with Crippen molar-refractivity contribution < 1.29 is 28.2 Å². The van der Waals surface area contributed by atoms with Gasteiger partial charge in [-0.2, -0.15) is 4.31 Å². The Morgan fingerprint density at radius 3 is 2.00 bits per heavy atom. The standard InChI is InChI=1S/C15H14N2O6S/c18-14(19)9-17(10-15(20)21)24(22,23)13-5-3-11(4-6-13)12-2-1-7-16-8-12/h1-8H,9-10H2,(H,18,19)(H,20,21). The molecule has 0 amide bonds. The molecular weight excluding hydrogens is 336 g/mol. The lowest BCUT2D eigenvalue weighted by atomic mass is 10.1. The van der Waals surface area contributed by atoms with Gasteiger partial charge in [-0.15, -0.1) is 0 Å². The Balaban J connectivity index is 2.33. The Morgan fingerprint density at radius 2 is 1.54 bits per heavy atom. The van der Waals surface area contributed by atoms with Crippen LogP contribution in [0.3, 0.4) is 0 Å². The van der Waals surface area contributed by atoms with Gasteiger partial charge < -0.3 is 10.2 Å². The van der Waals surface area contributed by atoms with Crippen LogP contribution in [0.25, 0.3) is 11.1 Å². The fraction of sp³-hybridized carbons (Fsp3) is 0.133. The summed E-state index contributed by atoms with van der Waals surface area (Å²) in [5, 5.41) is 17.6. The van der Waals surface area contributed by atoms with Crippen molar-refractivity contribution in [2.24, 2.45) is 0 Å². The van der Waals surface area contributed by atoms with E-state index in [1.54, 1.807) is 36.7 Å². The zero-order valence-corrected chi connectivity index (χ0v) is 13.2. The van der Waals surface area contributed by atoms with Crippen LogP contribution in [0.2, 0.25) is 0 Å². The molecule has 1 heterocycles. The first-order valence-corrected chi connectivity index (χ1v) is 8.19. The number of carbonyl (C=O) groups is 2. The number of aromatic nitrogens is 1. The van der Waals surface area contributed by atoms with E-state index in [-0.39, 0.29) is 4.90 Å². The number of sulfonamides is 1. The van der Waals surface area contributed by atoms with Crippen molar-refractivity contribution in [2.75, 3.05) is 13.1 Å². The number of pyridine rings is 1. The lowest BCUT2D eigenvalue weighted by Gasteiger charge is -2.18. The number of hydrogen-bond acceptors (Lipinski definition) is 5. The van der Waals surface area contributed by atoms with E-state index < -0.39 is 35.1 Å². The highest BCUT2D eigenvalue weighted by molar-refractivity contribution is 7.89. The van der Waals surface area contributed by atoms with Crippen LogP contribution < -0.4 is 0 Å². The minimum Gasteiger partial charge on any atom is -0.480 e. The fourth-order valence-corrected chi connectivity index (χ4v) is 3.37. The molecule has 0 aliphatic rings. The van der Waals surface area contributed by atoms with Gasteiger partial charge in [-0.25, -0.2) is 8.42 Å². The third-order valence-corrected chi connectivity index (χ3v) is 4.92. The number of hydrogen-bond donors (Lipinski definition) is 2. The number of nitrogens with zero attached hydrogens (tertiary/aromatic N) is 2. The first-order chi connectivity index (χ1) is 11.3. The van der Waals surface area contributed by atoms with Crippen molar-refractivity contribution in [2.45, 2.75) is 4.90 Å². The normalized spacial score (nSPS) is 11.4. The summed E-state index contributed by atoms with van der Waals surface area (Å²) in [7, 11) is -4.23. The van der Waals surface area contributed by atoms with Crippen LogP contribution in [-0.4, -0.2) is 52.9 Å². The van der Waals surface area contributed by atoms with Crippen LogP contribution in [0, 0.1) is 0 Å². The molecule has 0 aliphatic heterocycles. The Hall–Kier alpha value is -2.78. The van der Waals surface area contributed by atoms with Gasteiger partial charge in [0.1, 0.15) is 13.1 Å². The topological polar surface area (TPSA) is 125 Å². The molecule has 2 aromatic rings. The number of aliphatic carboxylic acids is 2. The molecule has 0 fully saturated rings. The molecular formula is C15H14N2O6S. The molecule has 0 atom stereocenters. The third-order valence-electron chi connectivity index (χ3n) is 3.11. The van der Waals surface area contributed by atoms with Crippen molar-refractivity contribution >= 4 is 22.0 Å². The van der Waals surface area contributed by atoms with Crippen LogP contribution >= 0.6 is 0 Å². The zero-order valence-electron chi connectivity index (χ0n) is 12.4. The Bertz CT molecular complexity index is 818. The van der Waals surface area contributed by atoms with Crippen molar-refractivity contribution in [1.82, 2.24) is 9.29 Å². The smallest absolute Gasteiger partial charge is 0.318 e. The summed E-state index contributed by atoms with van der Waals surface area (Å²) in [4.78, 5) is 25.4. The number of carboxylic acids is 2. The van der Waals surface area contributed by atoms with Crippen molar-refractivity contribution in [1.29, 1.82) is 0 Å². The molecule has 1 aromatic carbocycles. The van der Waals surface area contributed by atoms with Crippen LogP contribution in [0.15, 0.2) is 53.7 Å². The molecule has 0 spiro atoms. The second-order valence-corrected chi connectivity index (χ2v) is 6.76. The Kier molecular flexibility index (Phi) is 5.27. The monoisotopic (exact) mass is 350 g/mol. The summed E-state index contributed by atoms with van der Waals surface area (Å²) in [5.41, 5.74) is 1.51. The molecule has 0 saturated carbocycles. The highest BCUT2D eigenvalue weighted by atomic mass is 32.2. The van der Waals surface area contributed by atoms with Crippen LogP contribution in [0.4, 0.5) is 0 Å². The number of benzene rings is 1. The van der Waals surface area contributed by atoms with Gasteiger partial charge in [0, 0.05) is 12.4 Å². The van der Waals surface area contributed by atoms with Gasteiger partial charge in [-0.3, -0.25) is 14.6 Å². The maximum atomic E-state index is 12.4. The lowest BCUT2D eigenvalue weighted by molar-refractivity contribution is -0.139. The Morgan fingerprint density at radius 1 is 0.958 bits per heavy atom. The molecule has 9 heteroatoms. The average Bonchev–Trinajstić information content (AvgIpc) is 2.54. The van der Waals surface area contributed by atoms with E-state index in [2.05, 4.69) is 4.98 Å². The molecule has 126 valence electrons. The van der Waals surface area contributed by atoms with Crippen molar-refractivity contribution in [3.8, 4) is 11.1 Å². The molecule has 2 N–H and O–H groups in total. The van der Waals surface area contributed by atoms with Crippen molar-refractivity contribution in [3.05, 3.63) is 48.8 Å². The zero-order chi connectivity index (χ0) is 17.7. The molecule has 0 aliphatic carbocycles. The third kappa shape index (κ3) is 4.15. The summed E-state index contributed by atoms with van der Waals surface area (Å²) in [6.45, 7) is -1.86. The van der Waals surface area contributed by atoms with Gasteiger partial charge in [0.05, 0.1) is 4.90 Å². The maximum absolute atomic E-state index is 12.4. The van der Waals surface area contributed by atoms with Crippen LogP contribution in [0.1, 0.15) is 0 Å². The largest absolute Gasteiger partial charge is 0.480 e. The molecule has 0 bridgehead atoms. The van der Waals surface area contributed by atoms with Crippen LogP contribution in [0.5, 0.6) is 0 Å². The van der Waals surface area contributed by atoms with E-state index >= 15 is 0 Å². The molecule has 0 saturated heterocycles. The van der Waals surface area contributed by atoms with Gasteiger partial charge >= 0.3 is 11.9 Å². The molecule has 2 rings (SSSR count). The first-order valence-electron chi connectivity index (χ1n) is 6.75. The predicted octanol–water partition coefficient (Wildman–Crippen LogP) is 0.908. The van der Waals surface area contributed by atoms with Gasteiger partial charge in [0.25, 0.3) is 0 Å². The number of rotatable bonds is 7. The molecule has 8 nitrogen and oxygen atoms in total. The first kappa shape index (κ1) is 17.6. The average molecular weight is 350 g/mol. The fourth-order valence-electron chi connectivity index (χ4n) is 2.03. The molecule has 1 aromatic heterocycles. The Labute approximate surface area is 138 Å². The van der Waals surface area contributed by atoms with Gasteiger partial charge in [0.2, 0.25) is 10.0 Å². The maximum Gasteiger partial charge on any atom is 0.318 e. The van der Waals surface area contributed by atoms with Crippen molar-refractivity contribution in [3.63, 3.8) is 0 Å². The van der Waals surface area contributed by atoms with Gasteiger partial charge in [0.15, 0.2) is 0 Å². The molecule has 0 radical (unpaired) electrons. The van der Waals surface area contributed by atoms with E-state index in [1.165, 1.54) is 12.1 Å². The summed E-state index contributed by atoms with van der Waals surface area (Å²) >= 11 is 0.